The summed E-state index contributed by atoms with van der Waals surface area (Å²) in [6.07, 6.45) is 1.90. The predicted molar refractivity (Wildman–Crippen MR) is 80.2 cm³/mol. The van der Waals surface area contributed by atoms with Gasteiger partial charge in [-0.05, 0) is 42.5 Å². The molecular formula is C18H20F2O. The highest BCUT2D eigenvalue weighted by Crippen LogP contribution is 2.28. The SMILES string of the molecule is CCCCc1ccc(C(O)c2c(F)ccc(C)c2F)cc1. The van der Waals surface area contributed by atoms with Gasteiger partial charge in [0.1, 0.15) is 17.7 Å². The Bertz CT molecular complexity index is 605. The highest BCUT2D eigenvalue weighted by Gasteiger charge is 2.21. The minimum atomic E-state index is -1.29. The van der Waals surface area contributed by atoms with E-state index < -0.39 is 17.7 Å². The lowest BCUT2D eigenvalue weighted by Crippen LogP contribution is -2.07. The summed E-state index contributed by atoms with van der Waals surface area (Å²) in [4.78, 5) is 0. The van der Waals surface area contributed by atoms with Gasteiger partial charge in [0.25, 0.3) is 0 Å². The van der Waals surface area contributed by atoms with Crippen molar-refractivity contribution in [2.75, 3.05) is 0 Å². The Labute approximate surface area is 124 Å². The Morgan fingerprint density at radius 2 is 1.71 bits per heavy atom. The maximum absolute atomic E-state index is 14.0. The summed E-state index contributed by atoms with van der Waals surface area (Å²) in [5.74, 6) is -1.40. The summed E-state index contributed by atoms with van der Waals surface area (Å²) in [6, 6.07) is 9.83. The molecule has 21 heavy (non-hydrogen) atoms. The normalized spacial score (nSPS) is 12.4. The van der Waals surface area contributed by atoms with Crippen LogP contribution >= 0.6 is 0 Å². The molecule has 0 saturated carbocycles. The number of benzene rings is 2. The Kier molecular flexibility index (Phi) is 5.07. The molecule has 2 aromatic carbocycles. The molecular weight excluding hydrogens is 270 g/mol. The first-order valence-electron chi connectivity index (χ1n) is 7.26. The van der Waals surface area contributed by atoms with Gasteiger partial charge in [-0.25, -0.2) is 8.78 Å². The fraction of sp³-hybridized carbons (Fsp3) is 0.333. The monoisotopic (exact) mass is 290 g/mol. The van der Waals surface area contributed by atoms with Crippen LogP contribution in [0.4, 0.5) is 8.78 Å². The molecule has 0 amide bonds. The predicted octanol–water partition coefficient (Wildman–Crippen LogP) is 4.70. The smallest absolute Gasteiger partial charge is 0.135 e. The molecule has 0 aliphatic carbocycles. The molecule has 2 aromatic rings. The fourth-order valence-electron chi connectivity index (χ4n) is 2.34. The summed E-state index contributed by atoms with van der Waals surface area (Å²) in [6.45, 7) is 3.68. The highest BCUT2D eigenvalue weighted by molar-refractivity contribution is 5.36. The van der Waals surface area contributed by atoms with Crippen LogP contribution in [0.25, 0.3) is 0 Å². The van der Waals surface area contributed by atoms with Crippen molar-refractivity contribution in [3.8, 4) is 0 Å². The first kappa shape index (κ1) is 15.6. The zero-order valence-corrected chi connectivity index (χ0v) is 12.4. The first-order chi connectivity index (χ1) is 10.0. The highest BCUT2D eigenvalue weighted by atomic mass is 19.1. The lowest BCUT2D eigenvalue weighted by Gasteiger charge is -2.15. The number of aliphatic hydroxyl groups is 1. The van der Waals surface area contributed by atoms with Crippen LogP contribution in [0.1, 0.15) is 48.1 Å². The molecule has 112 valence electrons. The van der Waals surface area contributed by atoms with Gasteiger partial charge in [0, 0.05) is 0 Å². The van der Waals surface area contributed by atoms with Crippen LogP contribution in [0.5, 0.6) is 0 Å². The Hall–Kier alpha value is -1.74. The third kappa shape index (κ3) is 3.48. The molecule has 2 rings (SSSR count). The average molecular weight is 290 g/mol. The minimum Gasteiger partial charge on any atom is -0.383 e. The van der Waals surface area contributed by atoms with Crippen LogP contribution in [-0.2, 0) is 6.42 Å². The minimum absolute atomic E-state index is 0.281. The molecule has 0 spiro atoms. The Morgan fingerprint density at radius 3 is 2.33 bits per heavy atom. The maximum Gasteiger partial charge on any atom is 0.135 e. The molecule has 0 radical (unpaired) electrons. The van der Waals surface area contributed by atoms with Crippen molar-refractivity contribution < 1.29 is 13.9 Å². The summed E-state index contributed by atoms with van der Waals surface area (Å²) >= 11 is 0. The van der Waals surface area contributed by atoms with Crippen LogP contribution in [0.3, 0.4) is 0 Å². The molecule has 0 aromatic heterocycles. The third-order valence-corrected chi connectivity index (χ3v) is 3.71. The van der Waals surface area contributed by atoms with Crippen molar-refractivity contribution in [2.45, 2.75) is 39.2 Å². The van der Waals surface area contributed by atoms with Crippen LogP contribution in [0, 0.1) is 18.6 Å². The number of aliphatic hydroxyl groups excluding tert-OH is 1. The van der Waals surface area contributed by atoms with E-state index in [1.807, 2.05) is 12.1 Å². The van der Waals surface area contributed by atoms with Crippen molar-refractivity contribution in [1.82, 2.24) is 0 Å². The van der Waals surface area contributed by atoms with Crippen LogP contribution < -0.4 is 0 Å². The van der Waals surface area contributed by atoms with Gasteiger partial charge < -0.3 is 5.11 Å². The van der Waals surface area contributed by atoms with Crippen LogP contribution in [0.15, 0.2) is 36.4 Å². The lowest BCUT2D eigenvalue weighted by atomic mass is 9.97. The van der Waals surface area contributed by atoms with E-state index in [9.17, 15) is 13.9 Å². The molecule has 1 nitrogen and oxygen atoms in total. The zero-order chi connectivity index (χ0) is 15.4. The third-order valence-electron chi connectivity index (χ3n) is 3.71. The van der Waals surface area contributed by atoms with E-state index in [4.69, 9.17) is 0 Å². The zero-order valence-electron chi connectivity index (χ0n) is 12.4. The van der Waals surface area contributed by atoms with Crippen molar-refractivity contribution in [1.29, 1.82) is 0 Å². The lowest BCUT2D eigenvalue weighted by molar-refractivity contribution is 0.209. The number of unbranched alkanes of at least 4 members (excludes halogenated alkanes) is 1. The first-order valence-corrected chi connectivity index (χ1v) is 7.26. The molecule has 3 heteroatoms. The van der Waals surface area contributed by atoms with Gasteiger partial charge >= 0.3 is 0 Å². The number of halogens is 2. The molecule has 0 saturated heterocycles. The number of hydrogen-bond acceptors (Lipinski definition) is 1. The summed E-state index contributed by atoms with van der Waals surface area (Å²) in [7, 11) is 0. The van der Waals surface area contributed by atoms with E-state index in [-0.39, 0.29) is 5.56 Å². The van der Waals surface area contributed by atoms with E-state index in [2.05, 4.69) is 6.92 Å². The van der Waals surface area contributed by atoms with Gasteiger partial charge in [0.15, 0.2) is 0 Å². The fourth-order valence-corrected chi connectivity index (χ4v) is 2.34. The summed E-state index contributed by atoms with van der Waals surface area (Å²) in [5.41, 5.74) is 1.71. The number of aryl methyl sites for hydroxylation is 2. The molecule has 0 aliphatic rings. The Balaban J connectivity index is 2.28. The maximum atomic E-state index is 14.0. The largest absolute Gasteiger partial charge is 0.383 e. The molecule has 0 fully saturated rings. The topological polar surface area (TPSA) is 20.2 Å². The molecule has 1 unspecified atom stereocenters. The van der Waals surface area contributed by atoms with Gasteiger partial charge in [-0.2, -0.15) is 0 Å². The summed E-state index contributed by atoms with van der Waals surface area (Å²) in [5, 5.41) is 10.3. The van der Waals surface area contributed by atoms with Crippen molar-refractivity contribution >= 4 is 0 Å². The van der Waals surface area contributed by atoms with E-state index >= 15 is 0 Å². The second kappa shape index (κ2) is 6.81. The van der Waals surface area contributed by atoms with Gasteiger partial charge in [0.05, 0.1) is 5.56 Å². The second-order valence-corrected chi connectivity index (χ2v) is 5.34. The molecule has 0 heterocycles. The van der Waals surface area contributed by atoms with Crippen LogP contribution in [-0.4, -0.2) is 5.11 Å². The van der Waals surface area contributed by atoms with E-state index in [0.29, 0.717) is 11.1 Å². The van der Waals surface area contributed by atoms with Gasteiger partial charge in [-0.3, -0.25) is 0 Å². The van der Waals surface area contributed by atoms with Gasteiger partial charge in [0.2, 0.25) is 0 Å². The quantitative estimate of drug-likeness (QED) is 0.846. The van der Waals surface area contributed by atoms with Gasteiger partial charge in [-0.1, -0.05) is 43.7 Å². The standard InChI is InChI=1S/C18H20F2O/c1-3-4-5-13-7-9-14(10-8-13)18(21)16-15(19)11-6-12(2)17(16)20/h6-11,18,21H,3-5H2,1-2H3. The van der Waals surface area contributed by atoms with Crippen molar-refractivity contribution in [3.05, 3.63) is 70.3 Å². The van der Waals surface area contributed by atoms with Crippen LogP contribution in [0.2, 0.25) is 0 Å². The van der Waals surface area contributed by atoms with Crippen molar-refractivity contribution in [3.63, 3.8) is 0 Å². The van der Waals surface area contributed by atoms with E-state index in [0.717, 1.165) is 24.8 Å². The summed E-state index contributed by atoms with van der Waals surface area (Å²) < 4.78 is 27.9. The Morgan fingerprint density at radius 1 is 1.05 bits per heavy atom. The van der Waals surface area contributed by atoms with E-state index in [1.54, 1.807) is 19.1 Å². The molecule has 1 N–H and O–H groups in total. The van der Waals surface area contributed by atoms with E-state index in [1.165, 1.54) is 12.1 Å². The average Bonchev–Trinajstić information content (AvgIpc) is 2.49. The molecule has 1 atom stereocenters. The number of hydrogen-bond donors (Lipinski definition) is 1. The molecule has 0 bridgehead atoms. The number of rotatable bonds is 5. The molecule has 0 aliphatic heterocycles. The second-order valence-electron chi connectivity index (χ2n) is 5.34. The van der Waals surface area contributed by atoms with Crippen molar-refractivity contribution in [2.24, 2.45) is 0 Å². The van der Waals surface area contributed by atoms with Gasteiger partial charge in [-0.15, -0.1) is 0 Å².